The molecule has 226 valence electrons. The number of aliphatic hydroxyl groups excluding tert-OH is 1. The second-order valence-electron chi connectivity index (χ2n) is 12.7. The smallest absolute Gasteiger partial charge is 0.253 e. The number of hydrogen-bond acceptors (Lipinski definition) is 5. The van der Waals surface area contributed by atoms with Gasteiger partial charge in [-0.1, -0.05) is 98.0 Å². The van der Waals surface area contributed by atoms with Crippen molar-refractivity contribution in [2.45, 2.75) is 138 Å². The lowest BCUT2D eigenvalue weighted by Gasteiger charge is -2.19. The maximum atomic E-state index is 13.0. The number of fused-ring (bicyclic) bond motifs is 1. The maximum absolute atomic E-state index is 13.0. The molecule has 1 amide bonds. The largest absolute Gasteiger partial charge is 0.383 e. The molecular formula is C33H51N5O3. The van der Waals surface area contributed by atoms with Crippen LogP contribution in [-0.2, 0) is 10.2 Å². The molecule has 0 aliphatic carbocycles. The number of unbranched alkanes of at least 4 members (excludes halogenated alkanes) is 9. The van der Waals surface area contributed by atoms with Crippen molar-refractivity contribution in [1.29, 1.82) is 0 Å². The fourth-order valence-electron chi connectivity index (χ4n) is 5.51. The number of anilines is 1. The average molecular weight is 566 g/mol. The van der Waals surface area contributed by atoms with Gasteiger partial charge in [0.05, 0.1) is 5.69 Å². The van der Waals surface area contributed by atoms with Crippen molar-refractivity contribution < 1.29 is 14.7 Å². The summed E-state index contributed by atoms with van der Waals surface area (Å²) in [5.74, 6) is -0.0507. The molecule has 8 heteroatoms. The van der Waals surface area contributed by atoms with E-state index < -0.39 is 12.0 Å². The summed E-state index contributed by atoms with van der Waals surface area (Å²) in [7, 11) is 0. The van der Waals surface area contributed by atoms with Gasteiger partial charge in [-0.05, 0) is 43.9 Å². The summed E-state index contributed by atoms with van der Waals surface area (Å²) in [5, 5.41) is 23.1. The van der Waals surface area contributed by atoms with Crippen LogP contribution < -0.4 is 5.32 Å². The third-order valence-electron chi connectivity index (χ3n) is 7.95. The van der Waals surface area contributed by atoms with E-state index in [0.717, 1.165) is 47.2 Å². The van der Waals surface area contributed by atoms with Crippen molar-refractivity contribution in [2.75, 3.05) is 5.32 Å². The molecule has 3 rings (SSSR count). The maximum Gasteiger partial charge on any atom is 0.253 e. The molecule has 3 aromatic rings. The predicted octanol–water partition coefficient (Wildman–Crippen LogP) is 7.69. The Morgan fingerprint density at radius 3 is 2.05 bits per heavy atom. The summed E-state index contributed by atoms with van der Waals surface area (Å²) in [6.07, 6.45) is 11.5. The number of rotatable bonds is 14. The summed E-state index contributed by atoms with van der Waals surface area (Å²) in [4.78, 5) is 25.5. The second-order valence-corrected chi connectivity index (χ2v) is 12.7. The Labute approximate surface area is 245 Å². The lowest BCUT2D eigenvalue weighted by Crippen LogP contribution is -2.28. The highest BCUT2D eigenvalue weighted by atomic mass is 16.3. The number of aliphatic hydroxyl groups is 1. The van der Waals surface area contributed by atoms with Gasteiger partial charge >= 0.3 is 0 Å². The van der Waals surface area contributed by atoms with Crippen LogP contribution in [0.25, 0.3) is 17.0 Å². The molecule has 2 N–H and O–H groups in total. The van der Waals surface area contributed by atoms with E-state index in [9.17, 15) is 14.7 Å². The van der Waals surface area contributed by atoms with Crippen molar-refractivity contribution in [3.8, 4) is 11.4 Å². The molecule has 41 heavy (non-hydrogen) atoms. The molecule has 0 radical (unpaired) electrons. The summed E-state index contributed by atoms with van der Waals surface area (Å²) in [6.45, 7) is 15.8. The predicted molar refractivity (Wildman–Crippen MR) is 167 cm³/mol. The van der Waals surface area contributed by atoms with Gasteiger partial charge in [-0.15, -0.1) is 5.10 Å². The van der Waals surface area contributed by atoms with Crippen molar-refractivity contribution >= 4 is 23.1 Å². The zero-order valence-electron chi connectivity index (χ0n) is 26.6. The van der Waals surface area contributed by atoms with Gasteiger partial charge in [-0.2, -0.15) is 14.3 Å². The fourth-order valence-corrected chi connectivity index (χ4v) is 5.51. The van der Waals surface area contributed by atoms with Gasteiger partial charge in [-0.3, -0.25) is 9.59 Å². The Morgan fingerprint density at radius 1 is 0.902 bits per heavy atom. The molecule has 0 saturated carbocycles. The molecular weight excluding hydrogens is 514 g/mol. The summed E-state index contributed by atoms with van der Waals surface area (Å²) in [6, 6.07) is 3.91. The van der Waals surface area contributed by atoms with Crippen molar-refractivity contribution in [1.82, 2.24) is 19.4 Å². The van der Waals surface area contributed by atoms with E-state index >= 15 is 0 Å². The van der Waals surface area contributed by atoms with Gasteiger partial charge in [0.1, 0.15) is 6.10 Å². The molecule has 2 heterocycles. The standard InChI is InChI=1S/C33H51N5O3/c1-9-10-11-12-13-14-15-16-17-18-19-26(40)32(41)34-30-23(3)20-22(2)29(24(30)4)31-36-37(25(5)39)28-21-27(33(6,7)8)35-38(28)31/h20-21,26,40H,9-19H2,1-8H3,(H,34,41). The first kappa shape index (κ1) is 32.5. The van der Waals surface area contributed by atoms with Crippen LogP contribution in [0.2, 0.25) is 0 Å². The minimum atomic E-state index is -1.06. The van der Waals surface area contributed by atoms with Gasteiger partial charge in [-0.25, -0.2) is 0 Å². The van der Waals surface area contributed by atoms with Crippen LogP contribution in [0.1, 0.15) is 132 Å². The zero-order chi connectivity index (χ0) is 30.3. The van der Waals surface area contributed by atoms with Crippen LogP contribution in [0.15, 0.2) is 12.1 Å². The van der Waals surface area contributed by atoms with Crippen molar-refractivity contribution in [3.05, 3.63) is 34.5 Å². The number of carbonyl (C=O) groups excluding carboxylic acids is 2. The second kappa shape index (κ2) is 14.3. The Morgan fingerprint density at radius 2 is 1.49 bits per heavy atom. The molecule has 8 nitrogen and oxygen atoms in total. The number of aromatic nitrogens is 4. The van der Waals surface area contributed by atoms with Gasteiger partial charge in [0.15, 0.2) is 11.5 Å². The van der Waals surface area contributed by atoms with Crippen LogP contribution in [0.4, 0.5) is 5.69 Å². The third-order valence-corrected chi connectivity index (χ3v) is 7.95. The highest BCUT2D eigenvalue weighted by Crippen LogP contribution is 2.35. The average Bonchev–Trinajstić information content (AvgIpc) is 3.48. The number of aryl methyl sites for hydroxylation is 2. The first-order valence-electron chi connectivity index (χ1n) is 15.5. The van der Waals surface area contributed by atoms with Gasteiger partial charge in [0.2, 0.25) is 5.91 Å². The minimum Gasteiger partial charge on any atom is -0.383 e. The van der Waals surface area contributed by atoms with E-state index in [4.69, 9.17) is 5.10 Å². The normalized spacial score (nSPS) is 12.7. The molecule has 0 bridgehead atoms. The van der Waals surface area contributed by atoms with Crippen molar-refractivity contribution in [3.63, 3.8) is 0 Å². The zero-order valence-corrected chi connectivity index (χ0v) is 26.6. The number of hydrogen-bond donors (Lipinski definition) is 2. The number of carbonyl (C=O) groups is 2. The lowest BCUT2D eigenvalue weighted by atomic mass is 9.93. The summed E-state index contributed by atoms with van der Waals surface area (Å²) in [5.41, 5.74) is 5.42. The molecule has 1 atom stereocenters. The number of nitrogens with one attached hydrogen (secondary N) is 1. The van der Waals surface area contributed by atoms with Gasteiger partial charge in [0, 0.05) is 29.7 Å². The monoisotopic (exact) mass is 565 g/mol. The molecule has 0 fully saturated rings. The third kappa shape index (κ3) is 8.06. The highest BCUT2D eigenvalue weighted by Gasteiger charge is 2.26. The molecule has 1 aromatic carbocycles. The number of amides is 1. The quantitative estimate of drug-likeness (QED) is 0.195. The summed E-state index contributed by atoms with van der Waals surface area (Å²) < 4.78 is 3.10. The van der Waals surface area contributed by atoms with Gasteiger partial charge in [0.25, 0.3) is 5.91 Å². The van der Waals surface area contributed by atoms with E-state index in [-0.39, 0.29) is 11.3 Å². The van der Waals surface area contributed by atoms with Crippen LogP contribution >= 0.6 is 0 Å². The van der Waals surface area contributed by atoms with E-state index in [2.05, 4.69) is 38.1 Å². The Hall–Kier alpha value is -3.00. The topological polar surface area (TPSA) is 102 Å². The molecule has 1 unspecified atom stereocenters. The molecule has 2 aromatic heterocycles. The van der Waals surface area contributed by atoms with E-state index in [1.807, 2.05) is 32.9 Å². The van der Waals surface area contributed by atoms with Crippen LogP contribution in [0.5, 0.6) is 0 Å². The Balaban J connectivity index is 1.72. The Bertz CT molecular complexity index is 1350. The first-order valence-corrected chi connectivity index (χ1v) is 15.5. The molecule has 0 spiro atoms. The highest BCUT2D eigenvalue weighted by molar-refractivity contribution is 5.96. The molecule has 0 aliphatic heterocycles. The van der Waals surface area contributed by atoms with E-state index in [1.165, 1.54) is 56.6 Å². The molecule has 0 aliphatic rings. The lowest BCUT2D eigenvalue weighted by molar-refractivity contribution is -0.124. The van der Waals surface area contributed by atoms with E-state index in [1.54, 1.807) is 4.52 Å². The number of nitrogens with zero attached hydrogens (tertiary/aromatic N) is 4. The van der Waals surface area contributed by atoms with Crippen molar-refractivity contribution in [2.24, 2.45) is 0 Å². The minimum absolute atomic E-state index is 0.201. The fraction of sp³-hybridized carbons (Fsp3) is 0.636. The van der Waals surface area contributed by atoms with Crippen LogP contribution in [0, 0.1) is 20.8 Å². The summed E-state index contributed by atoms with van der Waals surface area (Å²) >= 11 is 0. The van der Waals surface area contributed by atoms with Gasteiger partial charge < -0.3 is 10.4 Å². The molecule has 0 saturated heterocycles. The van der Waals surface area contributed by atoms with E-state index in [0.29, 0.717) is 23.6 Å². The SMILES string of the molecule is CCCCCCCCCCCCC(O)C(=O)Nc1c(C)cc(C)c(-c2nn(C(C)=O)c3cc(C(C)(C)C)nn23)c1C. The van der Waals surface area contributed by atoms with Crippen LogP contribution in [0.3, 0.4) is 0 Å². The Kier molecular flexibility index (Phi) is 11.3. The number of benzene rings is 1. The van der Waals surface area contributed by atoms with Crippen LogP contribution in [-0.4, -0.2) is 42.4 Å². The first-order chi connectivity index (χ1) is 19.4.